The number of carbonyl (C=O) groups excluding carboxylic acids is 1. The average molecular weight is 269 g/mol. The van der Waals surface area contributed by atoms with E-state index < -0.39 is 11.7 Å². The molecule has 0 saturated carbocycles. The number of benzene rings is 1. The van der Waals surface area contributed by atoms with Crippen molar-refractivity contribution in [2.24, 2.45) is 0 Å². The van der Waals surface area contributed by atoms with E-state index in [2.05, 4.69) is 0 Å². The van der Waals surface area contributed by atoms with E-state index in [9.17, 15) is 9.18 Å². The monoisotopic (exact) mass is 269 g/mol. The number of methoxy groups -OCH3 is 1. The van der Waals surface area contributed by atoms with Crippen molar-refractivity contribution >= 4 is 27.3 Å². The zero-order valence-electron chi connectivity index (χ0n) is 10.2. The summed E-state index contributed by atoms with van der Waals surface area (Å²) in [4.78, 5) is 16.7. The predicted octanol–water partition coefficient (Wildman–Crippen LogP) is 2.68. The molecule has 0 aliphatic rings. The quantitative estimate of drug-likeness (QED) is 0.804. The van der Waals surface area contributed by atoms with E-state index in [-0.39, 0.29) is 4.88 Å². The molecule has 1 aromatic carbocycles. The Morgan fingerprint density at radius 3 is 2.72 bits per heavy atom. The fraction of sp³-hybridized carbons (Fsp3) is 0.250. The van der Waals surface area contributed by atoms with Gasteiger partial charge in [0.2, 0.25) is 0 Å². The van der Waals surface area contributed by atoms with Crippen LogP contribution in [-0.2, 0) is 4.84 Å². The van der Waals surface area contributed by atoms with Crippen LogP contribution in [0.4, 0.5) is 4.39 Å². The molecule has 2 aromatic rings. The molecule has 0 fully saturated rings. The van der Waals surface area contributed by atoms with E-state index in [1.807, 2.05) is 0 Å². The number of ether oxygens (including phenoxy) is 1. The van der Waals surface area contributed by atoms with Gasteiger partial charge in [-0.1, -0.05) is 12.1 Å². The van der Waals surface area contributed by atoms with E-state index in [4.69, 9.17) is 9.57 Å². The first kappa shape index (κ1) is 12.8. The van der Waals surface area contributed by atoms with E-state index in [0.717, 1.165) is 16.4 Å². The summed E-state index contributed by atoms with van der Waals surface area (Å²) < 4.78 is 19.9. The Bertz CT molecular complexity index is 596. The standard InChI is InChI=1S/C12H12FNO3S/c1-14(17-3)12(15)11-9(13)7-5-4-6-8(16-2)10(7)18-11/h4-6H,1-3H3. The van der Waals surface area contributed by atoms with Crippen molar-refractivity contribution in [1.82, 2.24) is 5.06 Å². The zero-order chi connectivity index (χ0) is 13.3. The first-order valence-electron chi connectivity index (χ1n) is 5.17. The molecular weight excluding hydrogens is 257 g/mol. The van der Waals surface area contributed by atoms with Gasteiger partial charge >= 0.3 is 0 Å². The molecule has 1 heterocycles. The highest BCUT2D eigenvalue weighted by atomic mass is 32.1. The normalized spacial score (nSPS) is 10.7. The van der Waals surface area contributed by atoms with Crippen molar-refractivity contribution in [3.05, 3.63) is 28.9 Å². The van der Waals surface area contributed by atoms with Crippen LogP contribution in [-0.4, -0.2) is 32.2 Å². The Hall–Kier alpha value is -1.66. The molecule has 0 atom stereocenters. The fourth-order valence-corrected chi connectivity index (χ4v) is 2.73. The molecular formula is C12H12FNO3S. The summed E-state index contributed by atoms with van der Waals surface area (Å²) in [5, 5.41) is 1.37. The largest absolute Gasteiger partial charge is 0.495 e. The molecule has 6 heteroatoms. The van der Waals surface area contributed by atoms with E-state index >= 15 is 0 Å². The first-order valence-corrected chi connectivity index (χ1v) is 5.99. The van der Waals surface area contributed by atoms with Gasteiger partial charge in [0.05, 0.1) is 18.9 Å². The molecule has 0 spiro atoms. The third-order valence-electron chi connectivity index (χ3n) is 2.59. The molecule has 18 heavy (non-hydrogen) atoms. The van der Waals surface area contributed by atoms with Crippen LogP contribution < -0.4 is 4.74 Å². The smallest absolute Gasteiger partial charge is 0.290 e. The van der Waals surface area contributed by atoms with Crippen molar-refractivity contribution in [2.75, 3.05) is 21.3 Å². The lowest BCUT2D eigenvalue weighted by molar-refractivity contribution is -0.0756. The molecule has 0 bridgehead atoms. The van der Waals surface area contributed by atoms with E-state index in [0.29, 0.717) is 15.8 Å². The lowest BCUT2D eigenvalue weighted by Gasteiger charge is -2.11. The van der Waals surface area contributed by atoms with Crippen molar-refractivity contribution in [3.63, 3.8) is 0 Å². The number of rotatable bonds is 3. The van der Waals surface area contributed by atoms with Gasteiger partial charge in [-0.2, -0.15) is 0 Å². The number of hydroxylamine groups is 2. The third kappa shape index (κ3) is 1.93. The van der Waals surface area contributed by atoms with Gasteiger partial charge in [0, 0.05) is 12.4 Å². The second kappa shape index (κ2) is 4.91. The Balaban J connectivity index is 2.60. The molecule has 2 rings (SSSR count). The predicted molar refractivity (Wildman–Crippen MR) is 67.4 cm³/mol. The zero-order valence-corrected chi connectivity index (χ0v) is 11.0. The number of fused-ring (bicyclic) bond motifs is 1. The second-order valence-electron chi connectivity index (χ2n) is 3.57. The van der Waals surface area contributed by atoms with Gasteiger partial charge in [0.1, 0.15) is 10.6 Å². The van der Waals surface area contributed by atoms with Crippen LogP contribution in [0.25, 0.3) is 10.1 Å². The summed E-state index contributed by atoms with van der Waals surface area (Å²) in [6.45, 7) is 0. The maximum absolute atomic E-state index is 14.1. The average Bonchev–Trinajstić information content (AvgIpc) is 2.74. The number of hydrogen-bond donors (Lipinski definition) is 0. The van der Waals surface area contributed by atoms with Gasteiger partial charge in [-0.25, -0.2) is 9.45 Å². The highest BCUT2D eigenvalue weighted by molar-refractivity contribution is 7.21. The van der Waals surface area contributed by atoms with Gasteiger partial charge in [-0.05, 0) is 6.07 Å². The number of hydrogen-bond acceptors (Lipinski definition) is 4. The lowest BCUT2D eigenvalue weighted by Crippen LogP contribution is -2.25. The number of nitrogens with zero attached hydrogens (tertiary/aromatic N) is 1. The number of halogens is 1. The van der Waals surface area contributed by atoms with Gasteiger partial charge in [0.15, 0.2) is 5.82 Å². The number of thiophene rings is 1. The summed E-state index contributed by atoms with van der Waals surface area (Å²) in [7, 11) is 4.29. The Kier molecular flexibility index (Phi) is 3.49. The van der Waals surface area contributed by atoms with Gasteiger partial charge in [-0.15, -0.1) is 11.3 Å². The van der Waals surface area contributed by atoms with Crippen molar-refractivity contribution < 1.29 is 18.8 Å². The van der Waals surface area contributed by atoms with Crippen molar-refractivity contribution in [1.29, 1.82) is 0 Å². The maximum Gasteiger partial charge on any atom is 0.290 e. The molecule has 1 amide bonds. The molecule has 0 saturated heterocycles. The molecule has 4 nitrogen and oxygen atoms in total. The number of carbonyl (C=O) groups is 1. The minimum absolute atomic E-state index is 0.0128. The summed E-state index contributed by atoms with van der Waals surface area (Å²) in [6.07, 6.45) is 0. The Morgan fingerprint density at radius 2 is 2.11 bits per heavy atom. The second-order valence-corrected chi connectivity index (χ2v) is 4.59. The summed E-state index contributed by atoms with van der Waals surface area (Å²) in [5.74, 6) is -0.503. The summed E-state index contributed by atoms with van der Waals surface area (Å²) in [5.41, 5.74) is 0. The van der Waals surface area contributed by atoms with Gasteiger partial charge < -0.3 is 4.74 Å². The molecule has 0 radical (unpaired) electrons. The van der Waals surface area contributed by atoms with Crippen molar-refractivity contribution in [3.8, 4) is 5.75 Å². The fourth-order valence-electron chi connectivity index (χ4n) is 1.59. The first-order chi connectivity index (χ1) is 8.60. The van der Waals surface area contributed by atoms with Crippen LogP contribution >= 0.6 is 11.3 Å². The maximum atomic E-state index is 14.1. The summed E-state index contributed by atoms with van der Waals surface area (Å²) in [6, 6.07) is 5.03. The lowest BCUT2D eigenvalue weighted by atomic mass is 10.2. The highest BCUT2D eigenvalue weighted by Crippen LogP contribution is 2.36. The molecule has 96 valence electrons. The van der Waals surface area contributed by atoms with Crippen LogP contribution in [0.3, 0.4) is 0 Å². The highest BCUT2D eigenvalue weighted by Gasteiger charge is 2.23. The Labute approximate surface area is 107 Å². The Morgan fingerprint density at radius 1 is 1.39 bits per heavy atom. The third-order valence-corrected chi connectivity index (χ3v) is 3.78. The van der Waals surface area contributed by atoms with Crippen LogP contribution in [0, 0.1) is 5.82 Å². The van der Waals surface area contributed by atoms with E-state index in [1.165, 1.54) is 21.3 Å². The van der Waals surface area contributed by atoms with Crippen LogP contribution in [0.5, 0.6) is 5.75 Å². The molecule has 0 aliphatic carbocycles. The molecule has 0 N–H and O–H groups in total. The molecule has 1 aromatic heterocycles. The SMILES string of the molecule is COc1cccc2c(F)c(C(=O)N(C)OC)sc12. The van der Waals surface area contributed by atoms with Crippen LogP contribution in [0.15, 0.2) is 18.2 Å². The topological polar surface area (TPSA) is 38.8 Å². The molecule has 0 aliphatic heterocycles. The van der Waals surface area contributed by atoms with Crippen LogP contribution in [0.2, 0.25) is 0 Å². The van der Waals surface area contributed by atoms with Crippen LogP contribution in [0.1, 0.15) is 9.67 Å². The molecule has 0 unspecified atom stereocenters. The van der Waals surface area contributed by atoms with Crippen molar-refractivity contribution in [2.45, 2.75) is 0 Å². The minimum Gasteiger partial charge on any atom is -0.495 e. The summed E-state index contributed by atoms with van der Waals surface area (Å²) >= 11 is 1.06. The van der Waals surface area contributed by atoms with Gasteiger partial charge in [-0.3, -0.25) is 9.63 Å². The number of amides is 1. The minimum atomic E-state index is -0.539. The van der Waals surface area contributed by atoms with E-state index in [1.54, 1.807) is 18.2 Å². The van der Waals surface area contributed by atoms with Gasteiger partial charge in [0.25, 0.3) is 5.91 Å².